The molecule has 0 aromatic heterocycles. The Kier molecular flexibility index (Phi) is 4.66. The van der Waals surface area contributed by atoms with Crippen LogP contribution in [0.15, 0.2) is 12.7 Å². The van der Waals surface area contributed by atoms with E-state index in [9.17, 15) is 4.79 Å². The predicted octanol–water partition coefficient (Wildman–Crippen LogP) is 2.06. The summed E-state index contributed by atoms with van der Waals surface area (Å²) in [6, 6.07) is 0. The van der Waals surface area contributed by atoms with Crippen LogP contribution in [0.3, 0.4) is 0 Å². The van der Waals surface area contributed by atoms with Crippen molar-refractivity contribution < 1.29 is 14.3 Å². The summed E-state index contributed by atoms with van der Waals surface area (Å²) in [5.41, 5.74) is 0. The topological polar surface area (TPSA) is 35.5 Å². The Balaban J connectivity index is 2.25. The molecule has 1 aliphatic heterocycles. The van der Waals surface area contributed by atoms with Crippen molar-refractivity contribution in [1.29, 1.82) is 0 Å². The SMILES string of the molecule is C=CCC1CCCC(COC(C)=O)O1. The minimum Gasteiger partial charge on any atom is -0.463 e. The van der Waals surface area contributed by atoms with Crippen LogP contribution in [0.1, 0.15) is 32.6 Å². The van der Waals surface area contributed by atoms with Gasteiger partial charge in [-0.1, -0.05) is 6.08 Å². The predicted molar refractivity (Wildman–Crippen MR) is 54.0 cm³/mol. The average molecular weight is 198 g/mol. The van der Waals surface area contributed by atoms with Gasteiger partial charge in [-0.3, -0.25) is 4.79 Å². The lowest BCUT2D eigenvalue weighted by atomic mass is 10.0. The maximum absolute atomic E-state index is 10.6. The van der Waals surface area contributed by atoms with Crippen molar-refractivity contribution in [2.24, 2.45) is 0 Å². The first-order valence-corrected chi connectivity index (χ1v) is 5.12. The maximum Gasteiger partial charge on any atom is 0.302 e. The van der Waals surface area contributed by atoms with Crippen LogP contribution >= 0.6 is 0 Å². The molecule has 0 N–H and O–H groups in total. The normalized spacial score (nSPS) is 26.9. The van der Waals surface area contributed by atoms with Gasteiger partial charge >= 0.3 is 5.97 Å². The van der Waals surface area contributed by atoms with Gasteiger partial charge in [-0.25, -0.2) is 0 Å². The molecule has 1 aliphatic rings. The Bertz CT molecular complexity index is 201. The van der Waals surface area contributed by atoms with Crippen LogP contribution in [-0.2, 0) is 14.3 Å². The van der Waals surface area contributed by atoms with Crippen molar-refractivity contribution in [2.45, 2.75) is 44.8 Å². The van der Waals surface area contributed by atoms with Gasteiger partial charge in [0, 0.05) is 6.92 Å². The van der Waals surface area contributed by atoms with E-state index in [-0.39, 0.29) is 18.2 Å². The standard InChI is InChI=1S/C11H18O3/c1-3-5-10-6-4-7-11(14-10)8-13-9(2)12/h3,10-11H,1,4-8H2,2H3. The van der Waals surface area contributed by atoms with Gasteiger partial charge in [-0.2, -0.15) is 0 Å². The van der Waals surface area contributed by atoms with E-state index in [0.29, 0.717) is 6.61 Å². The van der Waals surface area contributed by atoms with E-state index in [4.69, 9.17) is 9.47 Å². The summed E-state index contributed by atoms with van der Waals surface area (Å²) in [6.45, 7) is 5.50. The number of ether oxygens (including phenoxy) is 2. The molecule has 3 heteroatoms. The zero-order valence-corrected chi connectivity index (χ0v) is 8.70. The molecule has 0 saturated carbocycles. The summed E-state index contributed by atoms with van der Waals surface area (Å²) in [7, 11) is 0. The first kappa shape index (κ1) is 11.2. The van der Waals surface area contributed by atoms with Gasteiger partial charge in [0.1, 0.15) is 6.61 Å². The molecule has 0 amide bonds. The minimum absolute atomic E-state index is 0.0811. The summed E-state index contributed by atoms with van der Waals surface area (Å²) < 4.78 is 10.6. The van der Waals surface area contributed by atoms with E-state index < -0.39 is 0 Å². The third-order valence-electron chi connectivity index (χ3n) is 2.34. The van der Waals surface area contributed by atoms with Crippen molar-refractivity contribution in [1.82, 2.24) is 0 Å². The number of esters is 1. The third kappa shape index (κ3) is 3.92. The second-order valence-corrected chi connectivity index (χ2v) is 3.64. The van der Waals surface area contributed by atoms with Crippen molar-refractivity contribution in [3.8, 4) is 0 Å². The third-order valence-corrected chi connectivity index (χ3v) is 2.34. The fraction of sp³-hybridized carbons (Fsp3) is 0.727. The van der Waals surface area contributed by atoms with Crippen LogP contribution in [0.4, 0.5) is 0 Å². The van der Waals surface area contributed by atoms with Gasteiger partial charge in [0.05, 0.1) is 12.2 Å². The van der Waals surface area contributed by atoms with Crippen LogP contribution in [0.2, 0.25) is 0 Å². The molecule has 80 valence electrons. The highest BCUT2D eigenvalue weighted by molar-refractivity contribution is 5.65. The van der Waals surface area contributed by atoms with Crippen molar-refractivity contribution in [3.63, 3.8) is 0 Å². The highest BCUT2D eigenvalue weighted by Gasteiger charge is 2.21. The first-order chi connectivity index (χ1) is 6.72. The van der Waals surface area contributed by atoms with Gasteiger partial charge in [-0.15, -0.1) is 6.58 Å². The van der Waals surface area contributed by atoms with Crippen molar-refractivity contribution in [2.75, 3.05) is 6.61 Å². The first-order valence-electron chi connectivity index (χ1n) is 5.12. The van der Waals surface area contributed by atoms with Crippen LogP contribution < -0.4 is 0 Å². The molecule has 0 aromatic rings. The second-order valence-electron chi connectivity index (χ2n) is 3.64. The van der Waals surface area contributed by atoms with Gasteiger partial charge in [0.15, 0.2) is 0 Å². The molecule has 0 aliphatic carbocycles. The summed E-state index contributed by atoms with van der Waals surface area (Å²) in [5.74, 6) is -0.237. The summed E-state index contributed by atoms with van der Waals surface area (Å²) in [6.07, 6.45) is 6.32. The molecule has 1 fully saturated rings. The fourth-order valence-corrected chi connectivity index (χ4v) is 1.67. The molecular formula is C11H18O3. The molecule has 1 saturated heterocycles. The number of rotatable bonds is 4. The minimum atomic E-state index is -0.237. The highest BCUT2D eigenvalue weighted by atomic mass is 16.6. The maximum atomic E-state index is 10.6. The number of hydrogen-bond donors (Lipinski definition) is 0. The molecule has 0 aromatic carbocycles. The monoisotopic (exact) mass is 198 g/mol. The Morgan fingerprint density at radius 2 is 2.29 bits per heavy atom. The average Bonchev–Trinajstić information content (AvgIpc) is 2.16. The molecule has 1 heterocycles. The Morgan fingerprint density at radius 1 is 1.57 bits per heavy atom. The van der Waals surface area contributed by atoms with Gasteiger partial charge < -0.3 is 9.47 Å². The van der Waals surface area contributed by atoms with E-state index >= 15 is 0 Å². The van der Waals surface area contributed by atoms with Crippen molar-refractivity contribution >= 4 is 5.97 Å². The second kappa shape index (κ2) is 5.81. The van der Waals surface area contributed by atoms with Crippen LogP contribution in [0.5, 0.6) is 0 Å². The lowest BCUT2D eigenvalue weighted by molar-refractivity contribution is -0.149. The Morgan fingerprint density at radius 3 is 2.93 bits per heavy atom. The summed E-state index contributed by atoms with van der Waals surface area (Å²) >= 11 is 0. The summed E-state index contributed by atoms with van der Waals surface area (Å²) in [5, 5.41) is 0. The van der Waals surface area contributed by atoms with Gasteiger partial charge in [-0.05, 0) is 25.7 Å². The lowest BCUT2D eigenvalue weighted by Gasteiger charge is -2.29. The molecule has 2 unspecified atom stereocenters. The molecule has 0 radical (unpaired) electrons. The Hall–Kier alpha value is -0.830. The van der Waals surface area contributed by atoms with Gasteiger partial charge in [0.25, 0.3) is 0 Å². The van der Waals surface area contributed by atoms with Gasteiger partial charge in [0.2, 0.25) is 0 Å². The number of carbonyl (C=O) groups excluding carboxylic acids is 1. The Labute approximate surface area is 85.1 Å². The van der Waals surface area contributed by atoms with Crippen LogP contribution in [0.25, 0.3) is 0 Å². The van der Waals surface area contributed by atoms with Crippen molar-refractivity contribution in [3.05, 3.63) is 12.7 Å². The molecular weight excluding hydrogens is 180 g/mol. The number of hydrogen-bond acceptors (Lipinski definition) is 3. The lowest BCUT2D eigenvalue weighted by Crippen LogP contribution is -2.31. The zero-order chi connectivity index (χ0) is 10.4. The molecule has 2 atom stereocenters. The van der Waals surface area contributed by atoms with Crippen LogP contribution in [0, 0.1) is 0 Å². The highest BCUT2D eigenvalue weighted by Crippen LogP contribution is 2.21. The van der Waals surface area contributed by atoms with Crippen LogP contribution in [-0.4, -0.2) is 24.8 Å². The molecule has 1 rings (SSSR count). The number of carbonyl (C=O) groups is 1. The zero-order valence-electron chi connectivity index (χ0n) is 8.70. The molecule has 14 heavy (non-hydrogen) atoms. The fourth-order valence-electron chi connectivity index (χ4n) is 1.67. The van der Waals surface area contributed by atoms with E-state index in [0.717, 1.165) is 25.7 Å². The quantitative estimate of drug-likeness (QED) is 0.512. The van der Waals surface area contributed by atoms with E-state index in [2.05, 4.69) is 6.58 Å². The van der Waals surface area contributed by atoms with E-state index in [1.54, 1.807) is 0 Å². The largest absolute Gasteiger partial charge is 0.463 e. The smallest absolute Gasteiger partial charge is 0.302 e. The van der Waals surface area contributed by atoms with E-state index in [1.165, 1.54) is 6.92 Å². The molecule has 0 bridgehead atoms. The summed E-state index contributed by atoms with van der Waals surface area (Å²) in [4.78, 5) is 10.6. The molecule has 0 spiro atoms. The van der Waals surface area contributed by atoms with E-state index in [1.807, 2.05) is 6.08 Å². The molecule has 3 nitrogen and oxygen atoms in total.